The van der Waals surface area contributed by atoms with Crippen molar-refractivity contribution in [1.82, 2.24) is 20.1 Å². The number of carboxylic acid groups (broad SMARTS) is 1. The van der Waals surface area contributed by atoms with Gasteiger partial charge in [0.25, 0.3) is 5.92 Å². The number of hydrogen-bond acceptors (Lipinski definition) is 9. The van der Waals surface area contributed by atoms with E-state index in [1.165, 1.54) is 42.2 Å². The zero-order valence-corrected chi connectivity index (χ0v) is 25.2. The number of halogens is 3. The summed E-state index contributed by atoms with van der Waals surface area (Å²) >= 11 is 1.27. The summed E-state index contributed by atoms with van der Waals surface area (Å²) in [6.45, 7) is 2.97. The Morgan fingerprint density at radius 1 is 1.33 bits per heavy atom. The number of aromatic nitrogens is 1. The summed E-state index contributed by atoms with van der Waals surface area (Å²) in [5.41, 5.74) is -0.295. The number of nitrogens with zero attached hydrogens (tertiary/aromatic N) is 4. The van der Waals surface area contributed by atoms with E-state index in [9.17, 15) is 19.1 Å². The standard InChI is InChI=1S/C30H36F3N5O4S/c1-5-42-27(39)22-20(35-25(26-34-11-14-43-26)36-23(22)18-7-6-8-19(31)17(18)2)15-38-16-30(32,33)24-21(38)9-12-37(24)13-10-29(3,4)28(40)41/h6-8,11,14,21,23-24H,5,9-10,12-13,15-16H2,1-4H3,(H,35,36)(H,40,41)/i12D2. The van der Waals surface area contributed by atoms with Gasteiger partial charge in [0.1, 0.15) is 11.9 Å². The first-order valence-electron chi connectivity index (χ1n) is 15.1. The van der Waals surface area contributed by atoms with Gasteiger partial charge >= 0.3 is 11.9 Å². The SMILES string of the molecule is [2H]C1([2H])CC2C(N1CCC(C)(C)C(=O)O)C(F)(F)CN2CC1=C(C(=O)OCC)C(c2cccc(F)c2C)N=C(c2nccs2)N1. The van der Waals surface area contributed by atoms with Crippen molar-refractivity contribution in [3.8, 4) is 0 Å². The summed E-state index contributed by atoms with van der Waals surface area (Å²) in [4.78, 5) is 36.8. The van der Waals surface area contributed by atoms with Crippen molar-refractivity contribution in [1.29, 1.82) is 0 Å². The van der Waals surface area contributed by atoms with Gasteiger partial charge in [-0.05, 0) is 64.3 Å². The lowest BCUT2D eigenvalue weighted by molar-refractivity contribution is -0.147. The minimum Gasteiger partial charge on any atom is -0.481 e. The molecule has 1 aromatic carbocycles. The second kappa shape index (κ2) is 12.0. The molecule has 3 aliphatic heterocycles. The van der Waals surface area contributed by atoms with E-state index >= 15 is 8.78 Å². The number of carboxylic acids is 1. The molecular formula is C30H36F3N5O4S. The molecule has 13 heteroatoms. The highest BCUT2D eigenvalue weighted by molar-refractivity contribution is 7.11. The number of ether oxygens (including phenoxy) is 1. The Morgan fingerprint density at radius 2 is 2.09 bits per heavy atom. The maximum Gasteiger partial charge on any atom is 0.338 e. The van der Waals surface area contributed by atoms with Crippen LogP contribution in [-0.2, 0) is 14.3 Å². The van der Waals surface area contributed by atoms with Crippen LogP contribution in [0.1, 0.15) is 58.5 Å². The van der Waals surface area contributed by atoms with Gasteiger partial charge in [0, 0.05) is 39.1 Å². The van der Waals surface area contributed by atoms with Gasteiger partial charge in [-0.3, -0.25) is 19.6 Å². The van der Waals surface area contributed by atoms with Gasteiger partial charge in [-0.15, -0.1) is 11.3 Å². The van der Waals surface area contributed by atoms with Crippen LogP contribution in [0.15, 0.2) is 46.0 Å². The summed E-state index contributed by atoms with van der Waals surface area (Å²) < 4.78 is 69.1. The highest BCUT2D eigenvalue weighted by atomic mass is 32.1. The van der Waals surface area contributed by atoms with Crippen LogP contribution in [0.5, 0.6) is 0 Å². The zero-order chi connectivity index (χ0) is 32.9. The largest absolute Gasteiger partial charge is 0.481 e. The number of aliphatic imine (C=N–C) groups is 1. The van der Waals surface area contributed by atoms with E-state index < -0.39 is 60.3 Å². The van der Waals surface area contributed by atoms with E-state index in [2.05, 4.69) is 10.3 Å². The number of thiazole rings is 1. The Hall–Kier alpha value is -3.29. The predicted molar refractivity (Wildman–Crippen MR) is 156 cm³/mol. The molecule has 2 fully saturated rings. The molecular weight excluding hydrogens is 583 g/mol. The number of hydrogen-bond donors (Lipinski definition) is 2. The van der Waals surface area contributed by atoms with Crippen molar-refractivity contribution >= 4 is 29.1 Å². The molecule has 43 heavy (non-hydrogen) atoms. The van der Waals surface area contributed by atoms with Gasteiger partial charge in [-0.1, -0.05) is 12.1 Å². The summed E-state index contributed by atoms with van der Waals surface area (Å²) in [5.74, 6) is -5.39. The van der Waals surface area contributed by atoms with Crippen molar-refractivity contribution in [3.05, 3.63) is 63.0 Å². The number of fused-ring (bicyclic) bond motifs is 1. The van der Waals surface area contributed by atoms with E-state index in [4.69, 9.17) is 12.5 Å². The fraction of sp³-hybridized carbons (Fsp3) is 0.533. The van der Waals surface area contributed by atoms with Gasteiger partial charge < -0.3 is 15.2 Å². The normalized spacial score (nSPS) is 25.9. The second-order valence-electron chi connectivity index (χ2n) is 11.6. The topological polar surface area (TPSA) is 107 Å². The predicted octanol–water partition coefficient (Wildman–Crippen LogP) is 4.39. The van der Waals surface area contributed by atoms with Gasteiger partial charge in [-0.25, -0.2) is 22.9 Å². The molecule has 3 atom stereocenters. The van der Waals surface area contributed by atoms with Crippen LogP contribution in [0.3, 0.4) is 0 Å². The first-order valence-corrected chi connectivity index (χ1v) is 15.0. The molecule has 2 saturated heterocycles. The fourth-order valence-electron chi connectivity index (χ4n) is 5.81. The molecule has 1 aromatic heterocycles. The van der Waals surface area contributed by atoms with Crippen LogP contribution in [0.2, 0.25) is 0 Å². The highest BCUT2D eigenvalue weighted by Crippen LogP contribution is 2.43. The molecule has 0 saturated carbocycles. The summed E-state index contributed by atoms with van der Waals surface area (Å²) in [5, 5.41) is 14.9. The first kappa shape index (κ1) is 28.5. The van der Waals surface area contributed by atoms with Crippen LogP contribution in [0, 0.1) is 18.2 Å². The molecule has 3 unspecified atom stereocenters. The average Bonchev–Trinajstić information content (AvgIpc) is 3.64. The average molecular weight is 622 g/mol. The maximum atomic E-state index is 15.8. The van der Waals surface area contributed by atoms with Crippen molar-refractivity contribution < 1.29 is 35.3 Å². The first-order chi connectivity index (χ1) is 21.1. The quantitative estimate of drug-likeness (QED) is 0.377. The molecule has 2 aromatic rings. The molecule has 0 radical (unpaired) electrons. The molecule has 4 heterocycles. The van der Waals surface area contributed by atoms with Crippen LogP contribution in [-0.4, -0.2) is 88.4 Å². The van der Waals surface area contributed by atoms with E-state index in [-0.39, 0.29) is 55.2 Å². The van der Waals surface area contributed by atoms with E-state index in [0.717, 1.165) is 4.90 Å². The molecule has 0 aliphatic carbocycles. The lowest BCUT2D eigenvalue weighted by Gasteiger charge is -2.31. The Bertz CT molecular complexity index is 1540. The minimum absolute atomic E-state index is 0.0246. The number of nitrogens with one attached hydrogen (secondary N) is 1. The summed E-state index contributed by atoms with van der Waals surface area (Å²) in [6, 6.07) is 0.962. The van der Waals surface area contributed by atoms with E-state index in [0.29, 0.717) is 10.6 Å². The van der Waals surface area contributed by atoms with E-state index in [1.807, 2.05) is 0 Å². The Labute approximate surface area is 255 Å². The Kier molecular flexibility index (Phi) is 7.95. The third kappa shape index (κ3) is 6.07. The molecule has 5 rings (SSSR count). The number of alkyl halides is 2. The van der Waals surface area contributed by atoms with Crippen LogP contribution >= 0.6 is 11.3 Å². The number of carbonyl (C=O) groups excluding carboxylic acids is 1. The molecule has 2 N–H and O–H groups in total. The maximum absolute atomic E-state index is 15.8. The summed E-state index contributed by atoms with van der Waals surface area (Å²) in [7, 11) is 0. The lowest BCUT2D eigenvalue weighted by Crippen LogP contribution is -2.46. The number of carbonyl (C=O) groups is 2. The van der Waals surface area contributed by atoms with Crippen molar-refractivity contribution in [2.45, 2.75) is 64.6 Å². The Morgan fingerprint density at radius 3 is 2.77 bits per heavy atom. The smallest absolute Gasteiger partial charge is 0.338 e. The number of likely N-dealkylation sites (tertiary alicyclic amines) is 2. The highest BCUT2D eigenvalue weighted by Gasteiger charge is 2.59. The molecule has 0 amide bonds. The number of rotatable bonds is 10. The molecule has 9 nitrogen and oxygen atoms in total. The van der Waals surface area contributed by atoms with Gasteiger partial charge in [0.2, 0.25) is 0 Å². The van der Waals surface area contributed by atoms with Gasteiger partial charge in [0.15, 0.2) is 10.8 Å². The van der Waals surface area contributed by atoms with E-state index in [1.54, 1.807) is 31.5 Å². The van der Waals surface area contributed by atoms with Crippen molar-refractivity contribution in [2.24, 2.45) is 10.4 Å². The summed E-state index contributed by atoms with van der Waals surface area (Å²) in [6.07, 6.45) is 1.30. The number of benzene rings is 1. The van der Waals surface area contributed by atoms with Crippen LogP contribution in [0.25, 0.3) is 0 Å². The number of esters is 1. The van der Waals surface area contributed by atoms with Gasteiger partial charge in [-0.2, -0.15) is 0 Å². The third-order valence-electron chi connectivity index (χ3n) is 8.30. The van der Waals surface area contributed by atoms with Crippen LogP contribution < -0.4 is 5.32 Å². The fourth-order valence-corrected chi connectivity index (χ4v) is 6.40. The molecule has 3 aliphatic rings. The molecule has 232 valence electrons. The Balaban J connectivity index is 1.55. The monoisotopic (exact) mass is 621 g/mol. The third-order valence-corrected chi connectivity index (χ3v) is 9.08. The van der Waals surface area contributed by atoms with Crippen molar-refractivity contribution in [2.75, 3.05) is 32.7 Å². The lowest BCUT2D eigenvalue weighted by atomic mass is 9.89. The van der Waals surface area contributed by atoms with Crippen LogP contribution in [0.4, 0.5) is 13.2 Å². The van der Waals surface area contributed by atoms with Crippen molar-refractivity contribution in [3.63, 3.8) is 0 Å². The number of amidine groups is 1. The zero-order valence-electron chi connectivity index (χ0n) is 26.4. The number of aliphatic carboxylic acids is 1. The molecule has 0 bridgehead atoms. The second-order valence-corrected chi connectivity index (χ2v) is 12.5. The minimum atomic E-state index is -3.34. The van der Waals surface area contributed by atoms with Gasteiger partial charge in [0.05, 0.1) is 30.2 Å². The molecule has 0 spiro atoms.